The maximum atomic E-state index is 13.1. The third-order valence-electron chi connectivity index (χ3n) is 4.87. The van der Waals surface area contributed by atoms with Crippen molar-refractivity contribution in [1.82, 2.24) is 5.32 Å². The molecule has 1 aromatic heterocycles. The summed E-state index contributed by atoms with van der Waals surface area (Å²) in [6.07, 6.45) is 1.67. The molecular weight excluding hydrogens is 386 g/mol. The second kappa shape index (κ2) is 7.86. The molecule has 0 radical (unpaired) electrons. The lowest BCUT2D eigenvalue weighted by atomic mass is 10.0. The number of amides is 1. The van der Waals surface area contributed by atoms with E-state index in [2.05, 4.69) is 35.6 Å². The van der Waals surface area contributed by atoms with E-state index in [1.165, 1.54) is 16.7 Å². The van der Waals surface area contributed by atoms with Crippen LogP contribution in [0.5, 0.6) is 0 Å². The van der Waals surface area contributed by atoms with Crippen LogP contribution in [0.15, 0.2) is 66.7 Å². The molecule has 5 heteroatoms. The van der Waals surface area contributed by atoms with E-state index in [-0.39, 0.29) is 11.9 Å². The Hall–Kier alpha value is -2.50. The van der Waals surface area contributed by atoms with E-state index in [0.717, 1.165) is 26.6 Å². The molecule has 1 N–H and O–H groups in total. The van der Waals surface area contributed by atoms with Crippen molar-refractivity contribution in [1.29, 1.82) is 0 Å². The number of carbonyl (C=O) groups is 1. The van der Waals surface area contributed by atoms with Gasteiger partial charge in [-0.15, -0.1) is 11.3 Å². The fraction of sp³-hybridized carbons (Fsp3) is 0.174. The van der Waals surface area contributed by atoms with Crippen LogP contribution in [0.1, 0.15) is 33.8 Å². The molecule has 28 heavy (non-hydrogen) atoms. The standard InChI is InChI=1S/C23H21NO2S2/c1-15(17-12-11-16-7-3-4-8-18(16)13-17)24-23(25)22-20(14-28(2)26)19-9-5-6-10-21(19)27-22/h3-13,15H,14H2,1-2H3,(H,24,25)/t15-,28-/m0/s1. The second-order valence-corrected chi connectivity index (χ2v) is 9.41. The van der Waals surface area contributed by atoms with E-state index in [0.29, 0.717) is 10.6 Å². The Kier molecular flexibility index (Phi) is 5.29. The van der Waals surface area contributed by atoms with Gasteiger partial charge in [0.25, 0.3) is 5.91 Å². The highest BCUT2D eigenvalue weighted by molar-refractivity contribution is 7.83. The highest BCUT2D eigenvalue weighted by Gasteiger charge is 2.21. The maximum absolute atomic E-state index is 13.1. The van der Waals surface area contributed by atoms with E-state index in [9.17, 15) is 9.00 Å². The molecule has 0 spiro atoms. The molecule has 4 aromatic rings. The van der Waals surface area contributed by atoms with Crippen molar-refractivity contribution < 1.29 is 9.00 Å². The normalized spacial score (nSPS) is 13.5. The van der Waals surface area contributed by atoms with Gasteiger partial charge in [-0.25, -0.2) is 0 Å². The second-order valence-electron chi connectivity index (χ2n) is 6.93. The summed E-state index contributed by atoms with van der Waals surface area (Å²) in [5.41, 5.74) is 1.94. The van der Waals surface area contributed by atoms with Crippen LogP contribution in [-0.4, -0.2) is 16.4 Å². The van der Waals surface area contributed by atoms with Gasteiger partial charge in [-0.05, 0) is 46.3 Å². The van der Waals surface area contributed by atoms with Crippen molar-refractivity contribution in [2.45, 2.75) is 18.7 Å². The number of benzene rings is 3. The van der Waals surface area contributed by atoms with Gasteiger partial charge >= 0.3 is 0 Å². The van der Waals surface area contributed by atoms with Crippen molar-refractivity contribution in [2.24, 2.45) is 0 Å². The number of thiophene rings is 1. The SMILES string of the molecule is C[C@H](NC(=O)c1sc2ccccc2c1C[S@](C)=O)c1ccc2ccccc2c1. The number of rotatable bonds is 5. The number of hydrogen-bond acceptors (Lipinski definition) is 3. The summed E-state index contributed by atoms with van der Waals surface area (Å²) < 4.78 is 12.9. The molecule has 0 saturated carbocycles. The number of nitrogens with one attached hydrogen (secondary N) is 1. The molecule has 4 rings (SSSR count). The molecule has 0 saturated heterocycles. The molecule has 0 fully saturated rings. The summed E-state index contributed by atoms with van der Waals surface area (Å²) in [7, 11) is -1.02. The first-order valence-corrected chi connectivity index (χ1v) is 11.7. The van der Waals surface area contributed by atoms with Crippen LogP contribution < -0.4 is 5.32 Å². The molecule has 3 nitrogen and oxygen atoms in total. The average Bonchev–Trinajstić information content (AvgIpc) is 3.05. The fourth-order valence-corrected chi connectivity index (χ4v) is 5.37. The van der Waals surface area contributed by atoms with Gasteiger partial charge < -0.3 is 5.32 Å². The molecule has 0 bridgehead atoms. The van der Waals surface area contributed by atoms with Gasteiger partial charge in [0.15, 0.2) is 0 Å². The third kappa shape index (κ3) is 3.73. The summed E-state index contributed by atoms with van der Waals surface area (Å²) in [5.74, 6) is 0.277. The summed E-state index contributed by atoms with van der Waals surface area (Å²) in [4.78, 5) is 13.7. The van der Waals surface area contributed by atoms with E-state index in [1.54, 1.807) is 6.26 Å². The first-order valence-electron chi connectivity index (χ1n) is 9.13. The number of fused-ring (bicyclic) bond motifs is 2. The first kappa shape index (κ1) is 18.8. The van der Waals surface area contributed by atoms with Crippen molar-refractivity contribution >= 4 is 48.9 Å². The molecule has 1 heterocycles. The fourth-order valence-electron chi connectivity index (χ4n) is 3.45. The van der Waals surface area contributed by atoms with Gasteiger partial charge in [0, 0.05) is 21.8 Å². The minimum Gasteiger partial charge on any atom is -0.345 e. The minimum atomic E-state index is -1.02. The average molecular weight is 408 g/mol. The lowest BCUT2D eigenvalue weighted by Crippen LogP contribution is -2.26. The Bertz CT molecular complexity index is 1200. The zero-order valence-electron chi connectivity index (χ0n) is 15.8. The van der Waals surface area contributed by atoms with Crippen LogP contribution in [0.4, 0.5) is 0 Å². The lowest BCUT2D eigenvalue weighted by Gasteiger charge is -2.15. The highest BCUT2D eigenvalue weighted by atomic mass is 32.2. The monoisotopic (exact) mass is 407 g/mol. The van der Waals surface area contributed by atoms with Crippen LogP contribution in [0.2, 0.25) is 0 Å². The highest BCUT2D eigenvalue weighted by Crippen LogP contribution is 2.32. The molecule has 1 amide bonds. The van der Waals surface area contributed by atoms with Crippen molar-refractivity contribution in [2.75, 3.05) is 6.26 Å². The quantitative estimate of drug-likeness (QED) is 0.480. The van der Waals surface area contributed by atoms with E-state index < -0.39 is 10.8 Å². The van der Waals surface area contributed by atoms with E-state index >= 15 is 0 Å². The molecule has 2 atom stereocenters. The van der Waals surface area contributed by atoms with Crippen molar-refractivity contribution in [3.05, 3.63) is 82.7 Å². The lowest BCUT2D eigenvalue weighted by molar-refractivity contribution is 0.0943. The van der Waals surface area contributed by atoms with E-state index in [1.807, 2.05) is 43.3 Å². The van der Waals surface area contributed by atoms with Gasteiger partial charge in [0.2, 0.25) is 0 Å². The molecule has 142 valence electrons. The van der Waals surface area contributed by atoms with Crippen LogP contribution in [0, 0.1) is 0 Å². The molecule has 0 unspecified atom stereocenters. The Morgan fingerprint density at radius 2 is 1.75 bits per heavy atom. The summed E-state index contributed by atoms with van der Waals surface area (Å²) in [6.45, 7) is 1.99. The molecule has 0 aliphatic carbocycles. The largest absolute Gasteiger partial charge is 0.345 e. The number of carbonyl (C=O) groups excluding carboxylic acids is 1. The Balaban J connectivity index is 1.64. The summed E-state index contributed by atoms with van der Waals surface area (Å²) in [6, 6.07) is 22.3. The zero-order chi connectivity index (χ0) is 19.7. The van der Waals surface area contributed by atoms with Gasteiger partial charge in [0.05, 0.1) is 16.7 Å². The van der Waals surface area contributed by atoms with Crippen LogP contribution in [-0.2, 0) is 16.6 Å². The molecule has 0 aliphatic rings. The molecule has 0 aliphatic heterocycles. The Morgan fingerprint density at radius 1 is 1.04 bits per heavy atom. The Labute approximate surface area is 170 Å². The summed E-state index contributed by atoms with van der Waals surface area (Å²) >= 11 is 1.47. The van der Waals surface area contributed by atoms with Gasteiger partial charge in [-0.1, -0.05) is 54.6 Å². The third-order valence-corrected chi connectivity index (χ3v) is 6.78. The predicted octanol–water partition coefficient (Wildman–Crippen LogP) is 5.42. The molecular formula is C23H21NO2S2. The van der Waals surface area contributed by atoms with Crippen molar-refractivity contribution in [3.8, 4) is 0 Å². The van der Waals surface area contributed by atoms with Crippen LogP contribution in [0.25, 0.3) is 20.9 Å². The van der Waals surface area contributed by atoms with E-state index in [4.69, 9.17) is 0 Å². The van der Waals surface area contributed by atoms with Crippen LogP contribution >= 0.6 is 11.3 Å². The minimum absolute atomic E-state index is 0.109. The number of hydrogen-bond donors (Lipinski definition) is 1. The van der Waals surface area contributed by atoms with Crippen LogP contribution in [0.3, 0.4) is 0 Å². The summed E-state index contributed by atoms with van der Waals surface area (Å²) in [5, 5.41) is 6.48. The smallest absolute Gasteiger partial charge is 0.262 e. The first-order chi connectivity index (χ1) is 13.5. The van der Waals surface area contributed by atoms with Gasteiger partial charge in [0.1, 0.15) is 0 Å². The Morgan fingerprint density at radius 3 is 2.54 bits per heavy atom. The maximum Gasteiger partial charge on any atom is 0.262 e. The van der Waals surface area contributed by atoms with Crippen molar-refractivity contribution in [3.63, 3.8) is 0 Å². The van der Waals surface area contributed by atoms with Gasteiger partial charge in [-0.3, -0.25) is 9.00 Å². The zero-order valence-corrected chi connectivity index (χ0v) is 17.4. The molecule has 3 aromatic carbocycles. The van der Waals surface area contributed by atoms with Gasteiger partial charge in [-0.2, -0.15) is 0 Å². The predicted molar refractivity (Wildman–Crippen MR) is 119 cm³/mol. The topological polar surface area (TPSA) is 46.2 Å².